The molecule has 1 saturated heterocycles. The van der Waals surface area contributed by atoms with Crippen LogP contribution in [0.5, 0.6) is 0 Å². The number of aryl methyl sites for hydroxylation is 1. The first kappa shape index (κ1) is 22.9. The third kappa shape index (κ3) is 4.48. The van der Waals surface area contributed by atoms with E-state index in [4.69, 9.17) is 5.73 Å². The summed E-state index contributed by atoms with van der Waals surface area (Å²) in [5.41, 5.74) is 5.35. The summed E-state index contributed by atoms with van der Waals surface area (Å²) in [4.78, 5) is 18.3. The molecular weight excluding hydrogens is 469 g/mol. The molecule has 0 saturated carbocycles. The molecule has 3 aromatic rings. The Bertz CT molecular complexity index is 1170. The topological polar surface area (TPSA) is 101 Å². The van der Waals surface area contributed by atoms with Crippen molar-refractivity contribution in [1.29, 1.82) is 0 Å². The van der Waals surface area contributed by atoms with E-state index in [1.165, 1.54) is 28.9 Å². The van der Waals surface area contributed by atoms with Crippen LogP contribution in [0.4, 0.5) is 38.5 Å². The summed E-state index contributed by atoms with van der Waals surface area (Å²) >= 11 is 0.736. The van der Waals surface area contributed by atoms with Gasteiger partial charge in [0.1, 0.15) is 33.4 Å². The molecule has 1 fully saturated rings. The van der Waals surface area contributed by atoms with E-state index in [1.807, 2.05) is 0 Å². The van der Waals surface area contributed by atoms with Gasteiger partial charge in [-0.15, -0.1) is 0 Å². The van der Waals surface area contributed by atoms with E-state index in [1.54, 1.807) is 0 Å². The standard InChI is InChI=1S/C19H18F5N7OS/c1-30-18(31-6-5-26-12(8-31)19(22,23)24)11(7-27-30)28-16(32)14-15(25)33-17(29-14)13-9(20)3-2-4-10(13)21/h2-4,7,12,26H,5-6,8,25H2,1H3,(H,28,32). The number of hydrogen-bond donors (Lipinski definition) is 3. The Labute approximate surface area is 188 Å². The van der Waals surface area contributed by atoms with Gasteiger partial charge in [-0.1, -0.05) is 17.4 Å². The number of thiazole rings is 1. The van der Waals surface area contributed by atoms with Crippen LogP contribution in [0.3, 0.4) is 0 Å². The van der Waals surface area contributed by atoms with Gasteiger partial charge in [0.05, 0.1) is 11.8 Å². The number of anilines is 3. The number of piperazine rings is 1. The zero-order valence-electron chi connectivity index (χ0n) is 17.1. The summed E-state index contributed by atoms with van der Waals surface area (Å²) in [6.07, 6.45) is -3.15. The highest BCUT2D eigenvalue weighted by molar-refractivity contribution is 7.19. The van der Waals surface area contributed by atoms with E-state index in [0.717, 1.165) is 23.5 Å². The molecule has 14 heteroatoms. The van der Waals surface area contributed by atoms with Crippen molar-refractivity contribution < 1.29 is 26.7 Å². The number of rotatable bonds is 4. The van der Waals surface area contributed by atoms with Crippen LogP contribution in [0.25, 0.3) is 10.6 Å². The van der Waals surface area contributed by atoms with Gasteiger partial charge in [0.15, 0.2) is 11.5 Å². The molecule has 1 aliphatic rings. The van der Waals surface area contributed by atoms with Crippen molar-refractivity contribution in [2.75, 3.05) is 35.6 Å². The molecule has 1 unspecified atom stereocenters. The fraction of sp³-hybridized carbons (Fsp3) is 0.316. The molecule has 8 nitrogen and oxygen atoms in total. The zero-order valence-corrected chi connectivity index (χ0v) is 17.9. The molecular formula is C19H18F5N7OS. The highest BCUT2D eigenvalue weighted by Gasteiger charge is 2.42. The van der Waals surface area contributed by atoms with E-state index in [0.29, 0.717) is 0 Å². The van der Waals surface area contributed by atoms with Crippen molar-refractivity contribution in [2.24, 2.45) is 7.05 Å². The normalized spacial score (nSPS) is 16.8. The molecule has 4 N–H and O–H groups in total. The van der Waals surface area contributed by atoms with Crippen LogP contribution in [-0.2, 0) is 7.05 Å². The number of alkyl halides is 3. The first-order chi connectivity index (χ1) is 15.6. The lowest BCUT2D eigenvalue weighted by atomic mass is 10.2. The summed E-state index contributed by atoms with van der Waals surface area (Å²) < 4.78 is 69.0. The number of carbonyl (C=O) groups is 1. The minimum Gasteiger partial charge on any atom is -0.389 e. The van der Waals surface area contributed by atoms with Crippen molar-refractivity contribution in [2.45, 2.75) is 12.2 Å². The van der Waals surface area contributed by atoms with Crippen LogP contribution >= 0.6 is 11.3 Å². The van der Waals surface area contributed by atoms with Crippen molar-refractivity contribution in [3.63, 3.8) is 0 Å². The second-order valence-corrected chi connectivity index (χ2v) is 8.31. The fourth-order valence-electron chi connectivity index (χ4n) is 3.54. The van der Waals surface area contributed by atoms with E-state index in [9.17, 15) is 26.7 Å². The van der Waals surface area contributed by atoms with Crippen LogP contribution in [0.15, 0.2) is 24.4 Å². The summed E-state index contributed by atoms with van der Waals surface area (Å²) in [6.45, 7) is -0.0364. The maximum Gasteiger partial charge on any atom is 0.405 e. The van der Waals surface area contributed by atoms with E-state index in [2.05, 4.69) is 20.7 Å². The van der Waals surface area contributed by atoms with Crippen molar-refractivity contribution >= 4 is 33.8 Å². The number of nitrogen functional groups attached to an aromatic ring is 1. The SMILES string of the molecule is Cn1ncc(NC(=O)c2nc(-c3c(F)cccc3F)sc2N)c1N1CCNC(C(F)(F)F)C1. The van der Waals surface area contributed by atoms with Gasteiger partial charge in [-0.3, -0.25) is 9.48 Å². The average molecular weight is 487 g/mol. The van der Waals surface area contributed by atoms with E-state index >= 15 is 0 Å². The number of carbonyl (C=O) groups excluding carboxylic acids is 1. The van der Waals surface area contributed by atoms with Gasteiger partial charge in [0, 0.05) is 26.7 Å². The van der Waals surface area contributed by atoms with Crippen LogP contribution in [0.2, 0.25) is 0 Å². The molecule has 176 valence electrons. The first-order valence-corrected chi connectivity index (χ1v) is 10.5. The minimum atomic E-state index is -4.44. The molecule has 0 radical (unpaired) electrons. The molecule has 0 aliphatic carbocycles. The zero-order chi connectivity index (χ0) is 23.9. The highest BCUT2D eigenvalue weighted by atomic mass is 32.1. The summed E-state index contributed by atoms with van der Waals surface area (Å²) in [7, 11) is 1.53. The molecule has 33 heavy (non-hydrogen) atoms. The number of hydrogen-bond acceptors (Lipinski definition) is 7. The Morgan fingerprint density at radius 2 is 2.00 bits per heavy atom. The average Bonchev–Trinajstić information content (AvgIpc) is 3.30. The number of halogens is 5. The maximum atomic E-state index is 14.1. The van der Waals surface area contributed by atoms with Crippen molar-refractivity contribution in [1.82, 2.24) is 20.1 Å². The van der Waals surface area contributed by atoms with Gasteiger partial charge in [-0.25, -0.2) is 13.8 Å². The minimum absolute atomic E-state index is 0.0742. The Morgan fingerprint density at radius 1 is 1.30 bits per heavy atom. The number of nitrogens with two attached hydrogens (primary N) is 1. The number of nitrogens with zero attached hydrogens (tertiary/aromatic N) is 4. The van der Waals surface area contributed by atoms with Crippen LogP contribution in [0.1, 0.15) is 10.5 Å². The first-order valence-electron chi connectivity index (χ1n) is 9.65. The number of aromatic nitrogens is 3. The molecule has 1 amide bonds. The lowest BCUT2D eigenvalue weighted by molar-refractivity contribution is -0.155. The van der Waals surface area contributed by atoms with Gasteiger partial charge in [0.2, 0.25) is 0 Å². The Balaban J connectivity index is 1.59. The third-order valence-corrected chi connectivity index (χ3v) is 5.97. The van der Waals surface area contributed by atoms with Gasteiger partial charge in [-0.05, 0) is 12.1 Å². The molecule has 3 heterocycles. The predicted molar refractivity (Wildman–Crippen MR) is 113 cm³/mol. The monoisotopic (exact) mass is 487 g/mol. The van der Waals surface area contributed by atoms with Gasteiger partial charge >= 0.3 is 6.18 Å². The van der Waals surface area contributed by atoms with Crippen LogP contribution < -0.4 is 21.3 Å². The summed E-state index contributed by atoms with van der Waals surface area (Å²) in [5.74, 6) is -2.23. The van der Waals surface area contributed by atoms with Crippen LogP contribution in [0, 0.1) is 11.6 Å². The van der Waals surface area contributed by atoms with Gasteiger partial charge < -0.3 is 21.3 Å². The Morgan fingerprint density at radius 3 is 2.67 bits per heavy atom. The summed E-state index contributed by atoms with van der Waals surface area (Å²) in [5, 5.41) is 8.81. The van der Waals surface area contributed by atoms with Gasteiger partial charge in [0.25, 0.3) is 5.91 Å². The Hall–Kier alpha value is -3.26. The quantitative estimate of drug-likeness (QED) is 0.490. The molecule has 1 aromatic carbocycles. The molecule has 0 spiro atoms. The van der Waals surface area contributed by atoms with Gasteiger partial charge in [-0.2, -0.15) is 18.3 Å². The second kappa shape index (κ2) is 8.59. The largest absolute Gasteiger partial charge is 0.405 e. The highest BCUT2D eigenvalue weighted by Crippen LogP contribution is 2.35. The Kier molecular flexibility index (Phi) is 5.97. The maximum absolute atomic E-state index is 14.1. The van der Waals surface area contributed by atoms with E-state index in [-0.39, 0.29) is 46.8 Å². The van der Waals surface area contributed by atoms with Crippen LogP contribution in [-0.4, -0.2) is 52.5 Å². The predicted octanol–water partition coefficient (Wildman–Crippen LogP) is 3.00. The lowest BCUT2D eigenvalue weighted by Crippen LogP contribution is -2.57. The lowest BCUT2D eigenvalue weighted by Gasteiger charge is -2.36. The molecule has 0 bridgehead atoms. The fourth-order valence-corrected chi connectivity index (χ4v) is 4.42. The molecule has 1 aliphatic heterocycles. The van der Waals surface area contributed by atoms with Crippen molar-refractivity contribution in [3.8, 4) is 10.6 Å². The summed E-state index contributed by atoms with van der Waals surface area (Å²) in [6, 6.07) is 1.57. The third-order valence-electron chi connectivity index (χ3n) is 5.07. The smallest absolute Gasteiger partial charge is 0.389 e. The van der Waals surface area contributed by atoms with Crippen molar-refractivity contribution in [3.05, 3.63) is 41.7 Å². The number of benzene rings is 1. The molecule has 2 aromatic heterocycles. The second-order valence-electron chi connectivity index (χ2n) is 7.28. The molecule has 4 rings (SSSR count). The number of amides is 1. The number of nitrogens with one attached hydrogen (secondary N) is 2. The molecule has 1 atom stereocenters. The van der Waals surface area contributed by atoms with E-state index < -0.39 is 35.3 Å².